The molecule has 148 valence electrons. The summed E-state index contributed by atoms with van der Waals surface area (Å²) in [4.78, 5) is 27.4. The zero-order valence-corrected chi connectivity index (χ0v) is 15.7. The van der Waals surface area contributed by atoms with Crippen LogP contribution in [0.1, 0.15) is 12.0 Å². The van der Waals surface area contributed by atoms with Crippen LogP contribution < -0.4 is 10.6 Å². The summed E-state index contributed by atoms with van der Waals surface area (Å²) in [6.45, 7) is 1.79. The lowest BCUT2D eigenvalue weighted by Crippen LogP contribution is -2.48. The van der Waals surface area contributed by atoms with Gasteiger partial charge in [0, 0.05) is 42.5 Å². The molecule has 1 amide bonds. The van der Waals surface area contributed by atoms with E-state index < -0.39 is 12.0 Å². The van der Waals surface area contributed by atoms with Crippen molar-refractivity contribution in [1.29, 1.82) is 0 Å². The largest absolute Gasteiger partial charge is 0.467 e. The Morgan fingerprint density at radius 3 is 2.96 bits per heavy atom. The van der Waals surface area contributed by atoms with Crippen molar-refractivity contribution in [1.82, 2.24) is 15.6 Å². The van der Waals surface area contributed by atoms with Crippen molar-refractivity contribution in [2.24, 2.45) is 0 Å². The molecule has 2 unspecified atom stereocenters. The highest BCUT2D eigenvalue weighted by Crippen LogP contribution is 2.21. The van der Waals surface area contributed by atoms with E-state index in [1.54, 1.807) is 12.3 Å². The highest BCUT2D eigenvalue weighted by atomic mass is 35.5. The molecule has 1 aromatic carbocycles. The maximum atomic E-state index is 13.3. The van der Waals surface area contributed by atoms with E-state index in [0.29, 0.717) is 25.3 Å². The highest BCUT2D eigenvalue weighted by Gasteiger charge is 2.25. The lowest BCUT2D eigenvalue weighted by atomic mass is 10.0. The summed E-state index contributed by atoms with van der Waals surface area (Å²) in [6, 6.07) is 3.51. The first kappa shape index (κ1) is 21.1. The van der Waals surface area contributed by atoms with Gasteiger partial charge in [0.05, 0.1) is 20.3 Å². The minimum absolute atomic E-state index is 0. The lowest BCUT2D eigenvalue weighted by Gasteiger charge is -2.24. The Morgan fingerprint density at radius 2 is 2.26 bits per heavy atom. The molecule has 1 aliphatic heterocycles. The van der Waals surface area contributed by atoms with Crippen molar-refractivity contribution >= 4 is 35.2 Å². The van der Waals surface area contributed by atoms with Crippen LogP contribution in [0, 0.1) is 5.82 Å². The summed E-state index contributed by atoms with van der Waals surface area (Å²) in [5.74, 6) is -1.12. The number of hydrogen-bond acceptors (Lipinski definition) is 5. The molecule has 0 aliphatic carbocycles. The molecule has 0 saturated carbocycles. The highest BCUT2D eigenvalue weighted by molar-refractivity contribution is 5.87. The zero-order valence-electron chi connectivity index (χ0n) is 14.9. The Balaban J connectivity index is 0.00000261. The fourth-order valence-corrected chi connectivity index (χ4v) is 3.11. The van der Waals surface area contributed by atoms with E-state index in [4.69, 9.17) is 9.47 Å². The molecule has 1 aromatic heterocycles. The summed E-state index contributed by atoms with van der Waals surface area (Å²) in [7, 11) is 1.28. The van der Waals surface area contributed by atoms with Crippen LogP contribution in [-0.4, -0.2) is 55.8 Å². The number of morpholine rings is 1. The number of rotatable bonds is 6. The number of methoxy groups -OCH3 is 1. The second kappa shape index (κ2) is 9.68. The third-order valence-electron chi connectivity index (χ3n) is 4.40. The Labute approximate surface area is 162 Å². The maximum Gasteiger partial charge on any atom is 0.328 e. The van der Waals surface area contributed by atoms with Crippen molar-refractivity contribution in [3.8, 4) is 0 Å². The Hall–Kier alpha value is -2.16. The summed E-state index contributed by atoms with van der Waals surface area (Å²) < 4.78 is 23.5. The van der Waals surface area contributed by atoms with Crippen LogP contribution in [0.2, 0.25) is 0 Å². The molecule has 9 heteroatoms. The minimum atomic E-state index is -0.818. The predicted octanol–water partition coefficient (Wildman–Crippen LogP) is 1.31. The van der Waals surface area contributed by atoms with Gasteiger partial charge >= 0.3 is 5.97 Å². The van der Waals surface area contributed by atoms with Crippen molar-refractivity contribution in [3.63, 3.8) is 0 Å². The van der Waals surface area contributed by atoms with Gasteiger partial charge in [-0.1, -0.05) is 0 Å². The Morgan fingerprint density at radius 1 is 1.44 bits per heavy atom. The number of aromatic amines is 1. The zero-order chi connectivity index (χ0) is 18.5. The number of carbonyl (C=O) groups excluding carboxylic acids is 2. The molecule has 0 bridgehead atoms. The van der Waals surface area contributed by atoms with Crippen molar-refractivity contribution in [2.45, 2.75) is 24.9 Å². The molecule has 3 rings (SSSR count). The molecule has 0 radical (unpaired) electrons. The summed E-state index contributed by atoms with van der Waals surface area (Å²) in [6.07, 6.45) is 2.17. The SMILES string of the molecule is COC(=O)C(Cc1c[nH]c2cc(F)ccc12)NC(=O)CC1COCCN1.Cl. The molecule has 1 saturated heterocycles. The molecular formula is C18H23ClFN3O4. The van der Waals surface area contributed by atoms with E-state index >= 15 is 0 Å². The molecule has 2 heterocycles. The van der Waals surface area contributed by atoms with Gasteiger partial charge in [0.2, 0.25) is 5.91 Å². The number of hydrogen-bond donors (Lipinski definition) is 3. The minimum Gasteiger partial charge on any atom is -0.467 e. The van der Waals surface area contributed by atoms with Crippen molar-refractivity contribution < 1.29 is 23.5 Å². The fraction of sp³-hybridized carbons (Fsp3) is 0.444. The smallest absolute Gasteiger partial charge is 0.328 e. The average Bonchev–Trinajstić information content (AvgIpc) is 3.03. The number of nitrogens with one attached hydrogen (secondary N) is 3. The van der Waals surface area contributed by atoms with Crippen LogP contribution in [0.5, 0.6) is 0 Å². The predicted molar refractivity (Wildman–Crippen MR) is 100 cm³/mol. The number of amides is 1. The average molecular weight is 400 g/mol. The lowest BCUT2D eigenvalue weighted by molar-refractivity contribution is -0.145. The molecule has 0 spiro atoms. The molecule has 7 nitrogen and oxygen atoms in total. The molecule has 3 N–H and O–H groups in total. The molecular weight excluding hydrogens is 377 g/mol. The fourth-order valence-electron chi connectivity index (χ4n) is 3.11. The summed E-state index contributed by atoms with van der Waals surface area (Å²) in [5, 5.41) is 6.73. The van der Waals surface area contributed by atoms with Gasteiger partial charge in [-0.2, -0.15) is 0 Å². The first-order valence-corrected chi connectivity index (χ1v) is 8.50. The number of aromatic nitrogens is 1. The topological polar surface area (TPSA) is 92.5 Å². The Bertz CT molecular complexity index is 792. The normalized spacial score (nSPS) is 17.8. The maximum absolute atomic E-state index is 13.3. The molecule has 2 aromatic rings. The van der Waals surface area contributed by atoms with Crippen molar-refractivity contribution in [3.05, 3.63) is 35.8 Å². The quantitative estimate of drug-likeness (QED) is 0.637. The number of benzene rings is 1. The van der Waals surface area contributed by atoms with Crippen LogP contribution in [-0.2, 0) is 25.5 Å². The number of H-pyrrole nitrogens is 1. The van der Waals surface area contributed by atoms with E-state index in [2.05, 4.69) is 15.6 Å². The van der Waals surface area contributed by atoms with Gasteiger partial charge in [-0.25, -0.2) is 9.18 Å². The van der Waals surface area contributed by atoms with Gasteiger partial charge in [0.25, 0.3) is 0 Å². The van der Waals surface area contributed by atoms with E-state index in [0.717, 1.165) is 10.9 Å². The van der Waals surface area contributed by atoms with Crippen molar-refractivity contribution in [2.75, 3.05) is 26.9 Å². The molecule has 1 aliphatic rings. The van der Waals surface area contributed by atoms with Gasteiger partial charge in [-0.3, -0.25) is 4.79 Å². The van der Waals surface area contributed by atoms with Gasteiger partial charge < -0.3 is 25.1 Å². The number of halogens is 2. The first-order valence-electron chi connectivity index (χ1n) is 8.50. The molecule has 1 fully saturated rings. The standard InChI is InChI=1S/C18H22FN3O4.ClH/c1-25-18(24)16(22-17(23)8-13-10-26-5-4-20-13)6-11-9-21-15-7-12(19)2-3-14(11)15;/h2-3,7,9,13,16,20-21H,4-6,8,10H2,1H3,(H,22,23);1H. The second-order valence-corrected chi connectivity index (χ2v) is 6.28. The van der Waals surface area contributed by atoms with Crippen LogP contribution >= 0.6 is 12.4 Å². The van der Waals surface area contributed by atoms with Crippen LogP contribution in [0.25, 0.3) is 10.9 Å². The van der Waals surface area contributed by atoms with Crippen LogP contribution in [0.4, 0.5) is 4.39 Å². The van der Waals surface area contributed by atoms with Gasteiger partial charge in [-0.15, -0.1) is 12.4 Å². The monoisotopic (exact) mass is 399 g/mol. The first-order chi connectivity index (χ1) is 12.6. The van der Waals surface area contributed by atoms with E-state index in [9.17, 15) is 14.0 Å². The second-order valence-electron chi connectivity index (χ2n) is 6.28. The Kier molecular flexibility index (Phi) is 7.58. The molecule has 2 atom stereocenters. The third-order valence-corrected chi connectivity index (χ3v) is 4.40. The van der Waals surface area contributed by atoms with Gasteiger partial charge in [0.1, 0.15) is 11.9 Å². The summed E-state index contributed by atoms with van der Waals surface area (Å²) >= 11 is 0. The van der Waals surface area contributed by atoms with E-state index in [1.165, 1.54) is 19.2 Å². The van der Waals surface area contributed by atoms with Gasteiger partial charge in [-0.05, 0) is 23.8 Å². The van der Waals surface area contributed by atoms with E-state index in [1.807, 2.05) is 0 Å². The number of fused-ring (bicyclic) bond motifs is 1. The summed E-state index contributed by atoms with van der Waals surface area (Å²) in [5.41, 5.74) is 1.44. The number of carbonyl (C=O) groups is 2. The van der Waals surface area contributed by atoms with Crippen LogP contribution in [0.15, 0.2) is 24.4 Å². The van der Waals surface area contributed by atoms with E-state index in [-0.39, 0.29) is 43.0 Å². The number of esters is 1. The number of ether oxygens (including phenoxy) is 2. The van der Waals surface area contributed by atoms with Crippen LogP contribution in [0.3, 0.4) is 0 Å². The molecule has 27 heavy (non-hydrogen) atoms. The van der Waals surface area contributed by atoms with Gasteiger partial charge in [0.15, 0.2) is 0 Å². The third kappa shape index (κ3) is 5.41.